The second-order valence-corrected chi connectivity index (χ2v) is 4.61. The quantitative estimate of drug-likeness (QED) is 0.795. The Balaban J connectivity index is 2.16. The highest BCUT2D eigenvalue weighted by molar-refractivity contribution is 6.00. The highest BCUT2D eigenvalue weighted by Crippen LogP contribution is 2.32. The van der Waals surface area contributed by atoms with Gasteiger partial charge in [-0.3, -0.25) is 0 Å². The van der Waals surface area contributed by atoms with Crippen LogP contribution in [-0.2, 0) is 0 Å². The van der Waals surface area contributed by atoms with Crippen molar-refractivity contribution in [3.8, 4) is 11.8 Å². The molecule has 5 nitrogen and oxygen atoms in total. The summed E-state index contributed by atoms with van der Waals surface area (Å²) in [5.74, 6) is -0.799. The first-order chi connectivity index (χ1) is 10.1. The molecule has 0 amide bonds. The molecule has 0 aliphatic rings. The van der Waals surface area contributed by atoms with Gasteiger partial charge in [0.05, 0.1) is 0 Å². The van der Waals surface area contributed by atoms with Gasteiger partial charge in [-0.2, -0.15) is 0 Å². The molecule has 5 heteroatoms. The van der Waals surface area contributed by atoms with Gasteiger partial charge in [0, 0.05) is 17.8 Å². The van der Waals surface area contributed by atoms with Crippen molar-refractivity contribution in [2.75, 3.05) is 0 Å². The summed E-state index contributed by atoms with van der Waals surface area (Å²) in [5.41, 5.74) is 0.983. The van der Waals surface area contributed by atoms with Crippen LogP contribution in [0, 0.1) is 6.92 Å². The number of hydrogen-bond acceptors (Lipinski definition) is 4. The Morgan fingerprint density at radius 1 is 1.10 bits per heavy atom. The number of aromatic nitrogens is 2. The number of rotatable bonds is 3. The first-order valence-electron chi connectivity index (χ1n) is 6.36. The van der Waals surface area contributed by atoms with E-state index >= 15 is 0 Å². The third-order valence-corrected chi connectivity index (χ3v) is 3.06. The van der Waals surface area contributed by atoms with E-state index in [2.05, 4.69) is 9.97 Å². The minimum absolute atomic E-state index is 0.0814. The van der Waals surface area contributed by atoms with E-state index in [9.17, 15) is 9.90 Å². The number of carbonyl (C=O) groups is 1. The number of ether oxygens (including phenoxy) is 1. The molecule has 0 radical (unpaired) electrons. The van der Waals surface area contributed by atoms with E-state index in [1.54, 1.807) is 18.5 Å². The molecular weight excluding hydrogens is 268 g/mol. The van der Waals surface area contributed by atoms with Crippen LogP contribution in [0.1, 0.15) is 15.9 Å². The van der Waals surface area contributed by atoms with Crippen LogP contribution in [0.2, 0.25) is 0 Å². The summed E-state index contributed by atoms with van der Waals surface area (Å²) in [7, 11) is 0. The molecule has 0 saturated carbocycles. The monoisotopic (exact) mass is 280 g/mol. The molecule has 0 atom stereocenters. The Labute approximate surface area is 120 Å². The van der Waals surface area contributed by atoms with Crippen molar-refractivity contribution in [2.45, 2.75) is 6.92 Å². The smallest absolute Gasteiger partial charge is 0.339 e. The summed E-state index contributed by atoms with van der Waals surface area (Å²) in [6, 6.07) is 10.8. The zero-order chi connectivity index (χ0) is 14.8. The van der Waals surface area contributed by atoms with Gasteiger partial charge in [0.15, 0.2) is 5.75 Å². The maximum absolute atomic E-state index is 11.4. The molecule has 0 aliphatic heterocycles. The van der Waals surface area contributed by atoms with Crippen LogP contribution < -0.4 is 4.74 Å². The van der Waals surface area contributed by atoms with Gasteiger partial charge in [-0.25, -0.2) is 14.8 Å². The fourth-order valence-corrected chi connectivity index (χ4v) is 2.05. The fraction of sp³-hybridized carbons (Fsp3) is 0.0625. The molecule has 21 heavy (non-hydrogen) atoms. The van der Waals surface area contributed by atoms with Crippen LogP contribution >= 0.6 is 0 Å². The van der Waals surface area contributed by atoms with E-state index in [1.807, 2.05) is 31.2 Å². The lowest BCUT2D eigenvalue weighted by atomic mass is 10.1. The second kappa shape index (κ2) is 5.20. The Morgan fingerprint density at radius 3 is 2.52 bits per heavy atom. The zero-order valence-electron chi connectivity index (χ0n) is 11.3. The van der Waals surface area contributed by atoms with Crippen molar-refractivity contribution in [1.82, 2.24) is 9.97 Å². The van der Waals surface area contributed by atoms with Crippen LogP contribution in [0.5, 0.6) is 11.8 Å². The SMILES string of the molecule is Cc1cnc(Oc2c(C(=O)O)ccc3ccccc23)nc1. The molecule has 104 valence electrons. The van der Waals surface area contributed by atoms with Gasteiger partial charge >= 0.3 is 12.0 Å². The molecule has 1 aromatic heterocycles. The predicted molar refractivity (Wildman–Crippen MR) is 77.8 cm³/mol. The third kappa shape index (κ3) is 2.53. The number of carboxylic acid groups (broad SMARTS) is 1. The molecule has 3 aromatic rings. The molecular formula is C16H12N2O3. The van der Waals surface area contributed by atoms with Crippen molar-refractivity contribution in [2.24, 2.45) is 0 Å². The Hall–Kier alpha value is -2.95. The summed E-state index contributed by atoms with van der Waals surface area (Å²) < 4.78 is 5.64. The summed E-state index contributed by atoms with van der Waals surface area (Å²) >= 11 is 0. The number of nitrogens with zero attached hydrogens (tertiary/aromatic N) is 2. The second-order valence-electron chi connectivity index (χ2n) is 4.61. The van der Waals surface area contributed by atoms with E-state index in [0.29, 0.717) is 5.39 Å². The van der Waals surface area contributed by atoms with Gasteiger partial charge in [0.25, 0.3) is 0 Å². The van der Waals surface area contributed by atoms with E-state index in [0.717, 1.165) is 10.9 Å². The lowest BCUT2D eigenvalue weighted by molar-refractivity contribution is 0.0694. The third-order valence-electron chi connectivity index (χ3n) is 3.06. The van der Waals surface area contributed by atoms with Gasteiger partial charge in [0.1, 0.15) is 5.56 Å². The Morgan fingerprint density at radius 2 is 1.81 bits per heavy atom. The van der Waals surface area contributed by atoms with Crippen LogP contribution in [-0.4, -0.2) is 21.0 Å². The van der Waals surface area contributed by atoms with Gasteiger partial charge in [-0.15, -0.1) is 0 Å². The van der Waals surface area contributed by atoms with Crippen LogP contribution in [0.3, 0.4) is 0 Å². The van der Waals surface area contributed by atoms with Gasteiger partial charge < -0.3 is 9.84 Å². The Kier molecular flexibility index (Phi) is 3.23. The summed E-state index contributed by atoms with van der Waals surface area (Å²) in [4.78, 5) is 19.5. The summed E-state index contributed by atoms with van der Waals surface area (Å²) in [6.45, 7) is 1.87. The van der Waals surface area contributed by atoms with Gasteiger partial charge in [-0.05, 0) is 23.9 Å². The highest BCUT2D eigenvalue weighted by Gasteiger charge is 2.16. The van der Waals surface area contributed by atoms with E-state index in [-0.39, 0.29) is 17.3 Å². The number of aromatic carboxylic acids is 1. The maximum Gasteiger partial charge on any atom is 0.339 e. The zero-order valence-corrected chi connectivity index (χ0v) is 11.3. The minimum atomic E-state index is -1.05. The average molecular weight is 280 g/mol. The molecule has 2 aromatic carbocycles. The summed E-state index contributed by atoms with van der Waals surface area (Å²) in [6.07, 6.45) is 3.24. The van der Waals surface area contributed by atoms with E-state index < -0.39 is 5.97 Å². The fourth-order valence-electron chi connectivity index (χ4n) is 2.05. The van der Waals surface area contributed by atoms with E-state index in [4.69, 9.17) is 4.74 Å². The summed E-state index contributed by atoms with van der Waals surface area (Å²) in [5, 5.41) is 10.9. The molecule has 0 spiro atoms. The van der Waals surface area contributed by atoms with Crippen LogP contribution in [0.4, 0.5) is 0 Å². The standard InChI is InChI=1S/C16H12N2O3/c1-10-8-17-16(18-9-10)21-14-12-5-3-2-4-11(12)6-7-13(14)15(19)20/h2-9H,1H3,(H,19,20). The normalized spacial score (nSPS) is 10.5. The molecule has 0 unspecified atom stereocenters. The first kappa shape index (κ1) is 13.1. The van der Waals surface area contributed by atoms with Crippen molar-refractivity contribution in [1.29, 1.82) is 0 Å². The topological polar surface area (TPSA) is 72.3 Å². The lowest BCUT2D eigenvalue weighted by Crippen LogP contribution is -2.02. The van der Waals surface area contributed by atoms with Crippen molar-refractivity contribution in [3.05, 3.63) is 59.9 Å². The van der Waals surface area contributed by atoms with E-state index in [1.165, 1.54) is 6.07 Å². The maximum atomic E-state index is 11.4. The molecule has 0 bridgehead atoms. The molecule has 1 N–H and O–H groups in total. The molecule has 0 fully saturated rings. The number of benzene rings is 2. The molecule has 0 aliphatic carbocycles. The van der Waals surface area contributed by atoms with Crippen molar-refractivity contribution in [3.63, 3.8) is 0 Å². The molecule has 3 rings (SSSR count). The highest BCUT2D eigenvalue weighted by atomic mass is 16.5. The van der Waals surface area contributed by atoms with Crippen LogP contribution in [0.15, 0.2) is 48.8 Å². The van der Waals surface area contributed by atoms with Gasteiger partial charge in [-0.1, -0.05) is 30.3 Å². The number of hydrogen-bond donors (Lipinski definition) is 1. The average Bonchev–Trinajstić information content (AvgIpc) is 2.49. The number of fused-ring (bicyclic) bond motifs is 1. The number of aryl methyl sites for hydroxylation is 1. The Bertz CT molecular complexity index is 813. The largest absolute Gasteiger partial charge is 0.478 e. The van der Waals surface area contributed by atoms with Crippen molar-refractivity contribution < 1.29 is 14.6 Å². The van der Waals surface area contributed by atoms with Crippen LogP contribution in [0.25, 0.3) is 10.8 Å². The van der Waals surface area contributed by atoms with Crippen molar-refractivity contribution >= 4 is 16.7 Å². The molecule has 1 heterocycles. The minimum Gasteiger partial charge on any atom is -0.478 e. The lowest BCUT2D eigenvalue weighted by Gasteiger charge is -2.10. The predicted octanol–water partition coefficient (Wildman–Crippen LogP) is 3.43. The molecule has 0 saturated heterocycles. The first-order valence-corrected chi connectivity index (χ1v) is 6.36. The number of carboxylic acids is 1. The van der Waals surface area contributed by atoms with Gasteiger partial charge in [0.2, 0.25) is 0 Å².